The van der Waals surface area contributed by atoms with Crippen LogP contribution in [0.3, 0.4) is 0 Å². The van der Waals surface area contributed by atoms with Gasteiger partial charge >= 0.3 is 12.4 Å². The molecule has 190 valence electrons. The summed E-state index contributed by atoms with van der Waals surface area (Å²) in [5.41, 5.74) is -2.14. The van der Waals surface area contributed by atoms with Gasteiger partial charge in [0.2, 0.25) is 5.91 Å². The van der Waals surface area contributed by atoms with E-state index in [4.69, 9.17) is 0 Å². The lowest BCUT2D eigenvalue weighted by Gasteiger charge is -2.45. The minimum atomic E-state index is -4.95. The molecule has 10 heteroatoms. The van der Waals surface area contributed by atoms with Gasteiger partial charge in [-0.05, 0) is 54.7 Å². The monoisotopic (exact) mass is 499 g/mol. The van der Waals surface area contributed by atoms with Gasteiger partial charge in [0, 0.05) is 33.2 Å². The van der Waals surface area contributed by atoms with Gasteiger partial charge in [-0.2, -0.15) is 26.3 Å². The van der Waals surface area contributed by atoms with E-state index >= 15 is 0 Å². The Bertz CT molecular complexity index is 1060. The van der Waals surface area contributed by atoms with Crippen LogP contribution in [-0.4, -0.2) is 48.9 Å². The van der Waals surface area contributed by atoms with Crippen LogP contribution in [0.5, 0.6) is 0 Å². The van der Waals surface area contributed by atoms with Crippen molar-refractivity contribution in [2.24, 2.45) is 0 Å². The number of amides is 1. The number of aryl methyl sites for hydroxylation is 1. The number of hydrogen-bond donors (Lipinski definition) is 1. The molecule has 2 atom stereocenters. The molecule has 2 aromatic rings. The zero-order valence-electron chi connectivity index (χ0n) is 19.4. The summed E-state index contributed by atoms with van der Waals surface area (Å²) in [4.78, 5) is 17.5. The predicted molar refractivity (Wildman–Crippen MR) is 119 cm³/mol. The van der Waals surface area contributed by atoms with E-state index in [0.717, 1.165) is 11.1 Å². The first-order chi connectivity index (χ1) is 16.4. The van der Waals surface area contributed by atoms with Crippen molar-refractivity contribution in [3.8, 4) is 0 Å². The molecule has 2 aromatic carbocycles. The van der Waals surface area contributed by atoms with E-state index in [1.165, 1.54) is 18.9 Å². The molecule has 0 spiro atoms. The zero-order valence-corrected chi connectivity index (χ0v) is 19.4. The first-order valence-corrected chi connectivity index (χ1v) is 11.5. The van der Waals surface area contributed by atoms with Crippen LogP contribution in [0.25, 0.3) is 0 Å². The normalized spacial score (nSPS) is 22.1. The van der Waals surface area contributed by atoms with Crippen molar-refractivity contribution in [2.75, 3.05) is 33.2 Å². The molecule has 2 aliphatic rings. The zero-order chi connectivity index (χ0) is 25.6. The summed E-state index contributed by atoms with van der Waals surface area (Å²) in [5.74, 6) is -0.331. The molecule has 0 radical (unpaired) electrons. The van der Waals surface area contributed by atoms with E-state index < -0.39 is 35.1 Å². The highest BCUT2D eigenvalue weighted by molar-refractivity contribution is 5.89. The molecule has 1 aliphatic carbocycles. The van der Waals surface area contributed by atoms with E-state index in [2.05, 4.69) is 10.2 Å². The average molecular weight is 499 g/mol. The quantitative estimate of drug-likeness (QED) is 0.603. The van der Waals surface area contributed by atoms with Gasteiger partial charge in [-0.1, -0.05) is 24.3 Å². The van der Waals surface area contributed by atoms with Crippen LogP contribution in [-0.2, 0) is 29.1 Å². The van der Waals surface area contributed by atoms with Crippen molar-refractivity contribution in [3.05, 3.63) is 70.3 Å². The number of halogens is 6. The highest BCUT2D eigenvalue weighted by Gasteiger charge is 2.51. The van der Waals surface area contributed by atoms with Gasteiger partial charge in [0.15, 0.2) is 0 Å². The Morgan fingerprint density at radius 2 is 1.57 bits per heavy atom. The van der Waals surface area contributed by atoms with E-state index in [-0.39, 0.29) is 17.5 Å². The van der Waals surface area contributed by atoms with Crippen LogP contribution in [0.15, 0.2) is 42.5 Å². The molecule has 0 saturated carbocycles. The molecule has 1 saturated heterocycles. The number of benzene rings is 2. The fourth-order valence-corrected chi connectivity index (χ4v) is 5.24. The van der Waals surface area contributed by atoms with Crippen LogP contribution in [0.2, 0.25) is 0 Å². The topological polar surface area (TPSA) is 35.6 Å². The molecular formula is C25H27F6N3O. The van der Waals surface area contributed by atoms with E-state index in [1.807, 2.05) is 24.3 Å². The number of hydrogen-bond acceptors (Lipinski definition) is 3. The van der Waals surface area contributed by atoms with Gasteiger partial charge < -0.3 is 10.2 Å². The first kappa shape index (κ1) is 25.5. The van der Waals surface area contributed by atoms with Gasteiger partial charge in [-0.25, -0.2) is 0 Å². The Morgan fingerprint density at radius 1 is 1.00 bits per heavy atom. The molecule has 4 rings (SSSR count). The second kappa shape index (κ2) is 9.13. The first-order valence-electron chi connectivity index (χ1n) is 11.5. The second-order valence-electron chi connectivity index (χ2n) is 9.19. The van der Waals surface area contributed by atoms with E-state index in [0.29, 0.717) is 51.2 Å². The molecule has 0 bridgehead atoms. The summed E-state index contributed by atoms with van der Waals surface area (Å²) in [6.45, 7) is 4.02. The summed E-state index contributed by atoms with van der Waals surface area (Å²) in [7, 11) is 1.45. The van der Waals surface area contributed by atoms with Gasteiger partial charge in [-0.3, -0.25) is 9.69 Å². The van der Waals surface area contributed by atoms with Crippen LogP contribution in [0.1, 0.15) is 47.2 Å². The van der Waals surface area contributed by atoms with Gasteiger partial charge in [-0.15, -0.1) is 0 Å². The number of rotatable bonds is 4. The molecule has 1 aliphatic heterocycles. The van der Waals surface area contributed by atoms with Crippen LogP contribution < -0.4 is 5.32 Å². The Balaban J connectivity index is 1.75. The highest BCUT2D eigenvalue weighted by atomic mass is 19.4. The average Bonchev–Trinajstić information content (AvgIpc) is 3.22. The van der Waals surface area contributed by atoms with E-state index in [9.17, 15) is 31.1 Å². The lowest BCUT2D eigenvalue weighted by Crippen LogP contribution is -2.60. The molecule has 1 fully saturated rings. The van der Waals surface area contributed by atoms with Gasteiger partial charge in [0.1, 0.15) is 5.54 Å². The smallest absolute Gasteiger partial charge is 0.337 e. The Labute approximate surface area is 199 Å². The predicted octanol–water partition coefficient (Wildman–Crippen LogP) is 4.99. The summed E-state index contributed by atoms with van der Waals surface area (Å²) in [6, 6.07) is 8.08. The molecule has 1 unspecified atom stereocenters. The van der Waals surface area contributed by atoms with Crippen LogP contribution in [0, 0.1) is 0 Å². The van der Waals surface area contributed by atoms with Crippen molar-refractivity contribution in [3.63, 3.8) is 0 Å². The second-order valence-corrected chi connectivity index (χ2v) is 9.19. The maximum Gasteiger partial charge on any atom is 0.416 e. The molecule has 1 N–H and O–H groups in total. The minimum absolute atomic E-state index is 0.105. The van der Waals surface area contributed by atoms with Gasteiger partial charge in [0.05, 0.1) is 17.2 Å². The number of carbonyl (C=O) groups excluding carboxylic acids is 1. The van der Waals surface area contributed by atoms with Crippen molar-refractivity contribution in [1.29, 1.82) is 0 Å². The standard InChI is InChI=1S/C25H27F6N3O/c1-16(18-13-19(24(26,27)28)15-20(14-18)25(29,30)31)33(2)22(35)23(34-11-9-32-10-12-34)8-7-17-5-3-4-6-21(17)23/h3-6,13-16,32H,7-12H2,1-2H3/t16?,23-/m0/s1. The maximum atomic E-state index is 14.1. The number of alkyl halides is 6. The van der Waals surface area contributed by atoms with Crippen molar-refractivity contribution >= 4 is 5.91 Å². The van der Waals surface area contributed by atoms with Crippen LogP contribution in [0.4, 0.5) is 26.3 Å². The van der Waals surface area contributed by atoms with Gasteiger partial charge in [0.25, 0.3) is 0 Å². The third kappa shape index (κ3) is 4.65. The Morgan fingerprint density at radius 3 is 2.14 bits per heavy atom. The highest BCUT2D eigenvalue weighted by Crippen LogP contribution is 2.45. The number of nitrogens with one attached hydrogen (secondary N) is 1. The summed E-state index contributed by atoms with van der Waals surface area (Å²) in [5, 5.41) is 3.26. The molecule has 1 amide bonds. The summed E-state index contributed by atoms with van der Waals surface area (Å²) in [6.07, 6.45) is -8.75. The number of fused-ring (bicyclic) bond motifs is 1. The molecule has 0 aromatic heterocycles. The third-order valence-electron chi connectivity index (χ3n) is 7.22. The molecular weight excluding hydrogens is 472 g/mol. The number of likely N-dealkylation sites (N-methyl/N-ethyl adjacent to an activating group) is 1. The number of nitrogens with zero attached hydrogens (tertiary/aromatic N) is 2. The largest absolute Gasteiger partial charge is 0.416 e. The Kier molecular flexibility index (Phi) is 6.65. The lowest BCUT2D eigenvalue weighted by atomic mass is 9.86. The van der Waals surface area contributed by atoms with Crippen molar-refractivity contribution in [2.45, 2.75) is 43.7 Å². The fourth-order valence-electron chi connectivity index (χ4n) is 5.24. The summed E-state index contributed by atoms with van der Waals surface area (Å²) >= 11 is 0. The lowest BCUT2D eigenvalue weighted by molar-refractivity contribution is -0.147. The van der Waals surface area contributed by atoms with Crippen molar-refractivity contribution in [1.82, 2.24) is 15.1 Å². The van der Waals surface area contributed by atoms with Crippen molar-refractivity contribution < 1.29 is 31.1 Å². The summed E-state index contributed by atoms with van der Waals surface area (Å²) < 4.78 is 80.5. The van der Waals surface area contributed by atoms with Crippen LogP contribution >= 0.6 is 0 Å². The molecule has 4 nitrogen and oxygen atoms in total. The molecule has 35 heavy (non-hydrogen) atoms. The SMILES string of the molecule is CC(c1cc(C(F)(F)F)cc(C(F)(F)F)c1)N(C)C(=O)[C@]1(N2CCNCC2)CCc2ccccc21. The maximum absolute atomic E-state index is 14.1. The Hall–Kier alpha value is -2.59. The third-order valence-corrected chi connectivity index (χ3v) is 7.22. The number of piperazine rings is 1. The minimum Gasteiger partial charge on any atom is -0.337 e. The van der Waals surface area contributed by atoms with E-state index in [1.54, 1.807) is 0 Å². The fraction of sp³-hybridized carbons (Fsp3) is 0.480. The number of carbonyl (C=O) groups is 1. The molecule has 1 heterocycles.